The van der Waals surface area contributed by atoms with Gasteiger partial charge in [0.1, 0.15) is 10.6 Å². The molecule has 1 aromatic carbocycles. The molecule has 0 amide bonds. The molecule has 1 N–H and O–H groups in total. The molecule has 0 spiro atoms. The van der Waals surface area contributed by atoms with Crippen molar-refractivity contribution in [2.45, 2.75) is 20.3 Å². The highest BCUT2D eigenvalue weighted by Crippen LogP contribution is 2.35. The minimum atomic E-state index is 0.289. The Kier molecular flexibility index (Phi) is 4.12. The van der Waals surface area contributed by atoms with Crippen molar-refractivity contribution >= 4 is 27.4 Å². The Morgan fingerprint density at radius 1 is 1.11 bits per heavy atom. The van der Waals surface area contributed by atoms with Crippen LogP contribution < -0.4 is 14.8 Å². The SMILES string of the molecule is Cc1sc2nc(-c3ccno3)nc(NCCc3ccc4c(c3)OCO4)c2c1C. The predicted molar refractivity (Wildman–Crippen MR) is 107 cm³/mol. The van der Waals surface area contributed by atoms with Crippen LogP contribution in [0, 0.1) is 13.8 Å². The number of benzene rings is 1. The number of thiophene rings is 1. The van der Waals surface area contributed by atoms with E-state index in [1.165, 1.54) is 16.0 Å². The number of aryl methyl sites for hydroxylation is 2. The van der Waals surface area contributed by atoms with E-state index >= 15 is 0 Å². The largest absolute Gasteiger partial charge is 0.454 e. The lowest BCUT2D eigenvalue weighted by molar-refractivity contribution is 0.174. The molecule has 0 saturated carbocycles. The van der Waals surface area contributed by atoms with Crippen LogP contribution in [-0.2, 0) is 6.42 Å². The number of aromatic nitrogens is 3. The molecule has 1 aliphatic rings. The lowest BCUT2D eigenvalue weighted by Crippen LogP contribution is -2.08. The van der Waals surface area contributed by atoms with Crippen LogP contribution in [0.5, 0.6) is 11.5 Å². The van der Waals surface area contributed by atoms with Crippen molar-refractivity contribution in [3.63, 3.8) is 0 Å². The molecular weight excluding hydrogens is 376 g/mol. The van der Waals surface area contributed by atoms with Crippen LogP contribution >= 0.6 is 11.3 Å². The first-order valence-corrected chi connectivity index (χ1v) is 9.82. The van der Waals surface area contributed by atoms with E-state index in [2.05, 4.69) is 35.4 Å². The van der Waals surface area contributed by atoms with Crippen LogP contribution in [0.4, 0.5) is 5.82 Å². The van der Waals surface area contributed by atoms with E-state index in [1.54, 1.807) is 23.6 Å². The molecular formula is C20H18N4O3S. The number of hydrogen-bond donors (Lipinski definition) is 1. The summed E-state index contributed by atoms with van der Waals surface area (Å²) < 4.78 is 16.1. The van der Waals surface area contributed by atoms with Gasteiger partial charge in [0.05, 0.1) is 11.6 Å². The summed E-state index contributed by atoms with van der Waals surface area (Å²) in [6, 6.07) is 7.81. The van der Waals surface area contributed by atoms with Crippen molar-refractivity contribution < 1.29 is 14.0 Å². The van der Waals surface area contributed by atoms with Gasteiger partial charge in [-0.15, -0.1) is 11.3 Å². The predicted octanol–water partition coefficient (Wildman–Crippen LogP) is 4.35. The van der Waals surface area contributed by atoms with Crippen LogP contribution in [0.15, 0.2) is 35.0 Å². The molecule has 8 heteroatoms. The second-order valence-corrected chi connectivity index (χ2v) is 7.80. The Morgan fingerprint density at radius 3 is 2.86 bits per heavy atom. The van der Waals surface area contributed by atoms with Crippen LogP contribution in [0.25, 0.3) is 21.8 Å². The molecule has 0 fully saturated rings. The van der Waals surface area contributed by atoms with E-state index in [9.17, 15) is 0 Å². The highest BCUT2D eigenvalue weighted by Gasteiger charge is 2.17. The topological polar surface area (TPSA) is 82.3 Å². The second kappa shape index (κ2) is 6.79. The molecule has 0 atom stereocenters. The molecule has 0 bridgehead atoms. The van der Waals surface area contributed by atoms with E-state index in [0.29, 0.717) is 11.6 Å². The molecule has 142 valence electrons. The van der Waals surface area contributed by atoms with Gasteiger partial charge in [0, 0.05) is 17.5 Å². The fraction of sp³-hybridized carbons (Fsp3) is 0.250. The van der Waals surface area contributed by atoms with E-state index in [0.717, 1.165) is 40.5 Å². The highest BCUT2D eigenvalue weighted by molar-refractivity contribution is 7.18. The van der Waals surface area contributed by atoms with Crippen molar-refractivity contribution in [1.82, 2.24) is 15.1 Å². The van der Waals surface area contributed by atoms with Gasteiger partial charge in [0.25, 0.3) is 0 Å². The summed E-state index contributed by atoms with van der Waals surface area (Å²) in [6.45, 7) is 5.23. The molecule has 0 saturated heterocycles. The Labute approximate surface area is 165 Å². The third-order valence-corrected chi connectivity index (χ3v) is 5.93. The van der Waals surface area contributed by atoms with Crippen molar-refractivity contribution in [2.24, 2.45) is 0 Å². The average Bonchev–Trinajstić information content (AvgIpc) is 3.43. The number of hydrogen-bond acceptors (Lipinski definition) is 8. The smallest absolute Gasteiger partial charge is 0.231 e. The summed E-state index contributed by atoms with van der Waals surface area (Å²) >= 11 is 1.66. The fourth-order valence-corrected chi connectivity index (χ4v) is 4.27. The molecule has 0 radical (unpaired) electrons. The average molecular weight is 394 g/mol. The summed E-state index contributed by atoms with van der Waals surface area (Å²) in [6.07, 6.45) is 2.43. The standard InChI is InChI=1S/C20H18N4O3S/c1-11-12(2)28-20-17(11)19(23-18(24-20)15-6-8-22-27-15)21-7-5-13-3-4-14-16(9-13)26-10-25-14/h3-4,6,8-9H,5,7,10H2,1-2H3,(H,21,23,24). The zero-order valence-corrected chi connectivity index (χ0v) is 16.3. The maximum atomic E-state index is 5.46. The summed E-state index contributed by atoms with van der Waals surface area (Å²) in [4.78, 5) is 11.6. The first-order chi connectivity index (χ1) is 13.7. The number of nitrogens with zero attached hydrogens (tertiary/aromatic N) is 3. The lowest BCUT2D eigenvalue weighted by atomic mass is 10.1. The number of ether oxygens (including phenoxy) is 2. The molecule has 7 nitrogen and oxygen atoms in total. The zero-order valence-electron chi connectivity index (χ0n) is 15.5. The minimum absolute atomic E-state index is 0.289. The van der Waals surface area contributed by atoms with E-state index in [-0.39, 0.29) is 6.79 Å². The number of fused-ring (bicyclic) bond motifs is 2. The van der Waals surface area contributed by atoms with Gasteiger partial charge in [0.2, 0.25) is 18.4 Å². The summed E-state index contributed by atoms with van der Waals surface area (Å²) in [5, 5.41) is 8.32. The monoisotopic (exact) mass is 394 g/mol. The Hall–Kier alpha value is -3.13. The van der Waals surface area contributed by atoms with Gasteiger partial charge in [0.15, 0.2) is 11.5 Å². The van der Waals surface area contributed by atoms with Crippen LogP contribution in [-0.4, -0.2) is 28.5 Å². The third-order valence-electron chi connectivity index (χ3n) is 4.83. The Balaban J connectivity index is 1.42. The van der Waals surface area contributed by atoms with Crippen LogP contribution in [0.2, 0.25) is 0 Å². The Bertz CT molecular complexity index is 1150. The van der Waals surface area contributed by atoms with Crippen molar-refractivity contribution in [3.05, 3.63) is 46.5 Å². The van der Waals surface area contributed by atoms with E-state index in [4.69, 9.17) is 19.0 Å². The molecule has 0 unspecified atom stereocenters. The van der Waals surface area contributed by atoms with Crippen molar-refractivity contribution in [2.75, 3.05) is 18.7 Å². The maximum Gasteiger partial charge on any atom is 0.231 e. The number of rotatable bonds is 5. The third kappa shape index (κ3) is 2.95. The van der Waals surface area contributed by atoms with Gasteiger partial charge < -0.3 is 19.3 Å². The summed E-state index contributed by atoms with van der Waals surface area (Å²) in [7, 11) is 0. The van der Waals surface area contributed by atoms with Gasteiger partial charge in [-0.3, -0.25) is 0 Å². The zero-order chi connectivity index (χ0) is 19.1. The molecule has 28 heavy (non-hydrogen) atoms. The number of nitrogens with one attached hydrogen (secondary N) is 1. The van der Waals surface area contributed by atoms with E-state index in [1.807, 2.05) is 12.1 Å². The first kappa shape index (κ1) is 17.0. The first-order valence-electron chi connectivity index (χ1n) is 9.00. The fourth-order valence-electron chi connectivity index (χ4n) is 3.24. The second-order valence-electron chi connectivity index (χ2n) is 6.60. The van der Waals surface area contributed by atoms with Crippen LogP contribution in [0.3, 0.4) is 0 Å². The lowest BCUT2D eigenvalue weighted by Gasteiger charge is -2.09. The molecule has 3 aromatic heterocycles. The van der Waals surface area contributed by atoms with Crippen molar-refractivity contribution in [1.29, 1.82) is 0 Å². The van der Waals surface area contributed by atoms with E-state index < -0.39 is 0 Å². The Morgan fingerprint density at radius 2 is 2.00 bits per heavy atom. The molecule has 0 aliphatic carbocycles. The summed E-state index contributed by atoms with van der Waals surface area (Å²) in [5.74, 6) is 3.52. The quantitative estimate of drug-likeness (QED) is 0.539. The molecule has 4 heterocycles. The van der Waals surface area contributed by atoms with Gasteiger partial charge >= 0.3 is 0 Å². The highest BCUT2D eigenvalue weighted by atomic mass is 32.1. The minimum Gasteiger partial charge on any atom is -0.454 e. The van der Waals surface area contributed by atoms with Gasteiger partial charge in [-0.1, -0.05) is 11.2 Å². The van der Waals surface area contributed by atoms with Gasteiger partial charge in [-0.25, -0.2) is 9.97 Å². The van der Waals surface area contributed by atoms with Gasteiger partial charge in [-0.2, -0.15) is 0 Å². The van der Waals surface area contributed by atoms with Crippen LogP contribution in [0.1, 0.15) is 16.0 Å². The molecule has 5 rings (SSSR count). The van der Waals surface area contributed by atoms with Gasteiger partial charge in [-0.05, 0) is 43.5 Å². The maximum absolute atomic E-state index is 5.46. The summed E-state index contributed by atoms with van der Waals surface area (Å²) in [5.41, 5.74) is 2.38. The molecule has 1 aliphatic heterocycles. The number of anilines is 1. The van der Waals surface area contributed by atoms with Crippen molar-refractivity contribution in [3.8, 4) is 23.1 Å². The normalized spacial score (nSPS) is 12.6. The molecule has 4 aromatic rings.